The lowest BCUT2D eigenvalue weighted by Crippen LogP contribution is -2.45. The van der Waals surface area contributed by atoms with Gasteiger partial charge in [0.05, 0.1) is 30.5 Å². The third kappa shape index (κ3) is 4.71. The Morgan fingerprint density at radius 1 is 1.30 bits per heavy atom. The van der Waals surface area contributed by atoms with Crippen molar-refractivity contribution in [3.8, 4) is 0 Å². The van der Waals surface area contributed by atoms with Crippen molar-refractivity contribution in [2.45, 2.75) is 46.3 Å². The average molecular weight is 371 g/mol. The molecule has 0 aliphatic carbocycles. The molecule has 2 aromatic heterocycles. The summed E-state index contributed by atoms with van der Waals surface area (Å²) in [6.07, 6.45) is 1.90. The number of ether oxygens (including phenoxy) is 1. The Morgan fingerprint density at radius 3 is 2.59 bits per heavy atom. The van der Waals surface area contributed by atoms with Crippen molar-refractivity contribution < 1.29 is 9.53 Å². The average Bonchev–Trinajstić information content (AvgIpc) is 2.58. The van der Waals surface area contributed by atoms with E-state index in [9.17, 15) is 9.59 Å². The van der Waals surface area contributed by atoms with Gasteiger partial charge in [-0.15, -0.1) is 0 Å². The molecule has 3 heterocycles. The maximum absolute atomic E-state index is 12.3. The molecule has 0 saturated carbocycles. The molecule has 0 bridgehead atoms. The highest BCUT2D eigenvalue weighted by Gasteiger charge is 2.23. The Morgan fingerprint density at radius 2 is 2.00 bits per heavy atom. The van der Waals surface area contributed by atoms with E-state index in [1.165, 1.54) is 0 Å². The fourth-order valence-corrected chi connectivity index (χ4v) is 3.34. The van der Waals surface area contributed by atoms with E-state index in [0.717, 1.165) is 18.9 Å². The first kappa shape index (κ1) is 19.0. The number of pyridine rings is 1. The molecule has 8 heteroatoms. The van der Waals surface area contributed by atoms with Gasteiger partial charge in [-0.2, -0.15) is 0 Å². The van der Waals surface area contributed by atoms with E-state index in [4.69, 9.17) is 4.74 Å². The number of carbonyl (C=O) groups excluding carboxylic acids is 1. The van der Waals surface area contributed by atoms with Crippen LogP contribution in [-0.4, -0.2) is 46.2 Å². The number of morpholine rings is 1. The molecule has 27 heavy (non-hydrogen) atoms. The minimum absolute atomic E-state index is 0.0330. The molecule has 1 aliphatic rings. The predicted molar refractivity (Wildman–Crippen MR) is 103 cm³/mol. The molecular weight excluding hydrogens is 346 g/mol. The topological polar surface area (TPSA) is 100 Å². The van der Waals surface area contributed by atoms with E-state index in [1.54, 1.807) is 20.0 Å². The number of hydrogen-bond acceptors (Lipinski definition) is 6. The van der Waals surface area contributed by atoms with Gasteiger partial charge in [0.15, 0.2) is 0 Å². The van der Waals surface area contributed by atoms with Gasteiger partial charge < -0.3 is 19.9 Å². The number of nitrogens with zero attached hydrogens (tertiary/aromatic N) is 3. The quantitative estimate of drug-likeness (QED) is 0.846. The van der Waals surface area contributed by atoms with Crippen LogP contribution in [0.25, 0.3) is 0 Å². The molecular formula is C19H25N5O3. The summed E-state index contributed by atoms with van der Waals surface area (Å²) in [5, 5.41) is 2.78. The molecule has 2 unspecified atom stereocenters. The van der Waals surface area contributed by atoms with Crippen LogP contribution < -0.4 is 15.8 Å². The van der Waals surface area contributed by atoms with Crippen molar-refractivity contribution >= 4 is 17.4 Å². The van der Waals surface area contributed by atoms with Crippen LogP contribution in [0, 0.1) is 13.8 Å². The fourth-order valence-electron chi connectivity index (χ4n) is 3.34. The van der Waals surface area contributed by atoms with Gasteiger partial charge in [0.1, 0.15) is 11.6 Å². The van der Waals surface area contributed by atoms with Gasteiger partial charge in [-0.3, -0.25) is 9.59 Å². The molecule has 2 atom stereocenters. The first-order valence-corrected chi connectivity index (χ1v) is 9.04. The van der Waals surface area contributed by atoms with Crippen LogP contribution in [0.2, 0.25) is 0 Å². The molecule has 0 spiro atoms. The molecule has 144 valence electrons. The third-order valence-electron chi connectivity index (χ3n) is 4.45. The lowest BCUT2D eigenvalue weighted by Gasteiger charge is -2.36. The Hall–Kier alpha value is -2.74. The Labute approximate surface area is 158 Å². The largest absolute Gasteiger partial charge is 0.372 e. The summed E-state index contributed by atoms with van der Waals surface area (Å²) >= 11 is 0. The second-order valence-electron chi connectivity index (χ2n) is 7.01. The van der Waals surface area contributed by atoms with Gasteiger partial charge in [0, 0.05) is 24.3 Å². The maximum atomic E-state index is 12.3. The smallest absolute Gasteiger partial charge is 0.254 e. The van der Waals surface area contributed by atoms with Crippen molar-refractivity contribution in [3.63, 3.8) is 0 Å². The maximum Gasteiger partial charge on any atom is 0.254 e. The minimum Gasteiger partial charge on any atom is -0.372 e. The number of anilines is 2. The molecule has 0 aromatic carbocycles. The standard InChI is InChI=1S/C19H25N5O3/c1-11-9-24(10-12(2)27-11)17-6-5-15(8-20-17)23-18(25)7-16-13(3)21-14(4)22-19(16)26/h5-6,8,11-12H,7,9-10H2,1-4H3,(H,23,25)(H,21,22,26). The second kappa shape index (κ2) is 7.87. The van der Waals surface area contributed by atoms with E-state index in [1.807, 2.05) is 26.0 Å². The Bertz CT molecular complexity index is 868. The highest BCUT2D eigenvalue weighted by molar-refractivity contribution is 5.92. The second-order valence-corrected chi connectivity index (χ2v) is 7.01. The minimum atomic E-state index is -0.280. The van der Waals surface area contributed by atoms with E-state index in [-0.39, 0.29) is 30.1 Å². The van der Waals surface area contributed by atoms with Crippen LogP contribution >= 0.6 is 0 Å². The van der Waals surface area contributed by atoms with Crippen LogP contribution in [0.1, 0.15) is 30.9 Å². The van der Waals surface area contributed by atoms with Crippen LogP contribution in [0.5, 0.6) is 0 Å². The van der Waals surface area contributed by atoms with E-state index in [0.29, 0.717) is 22.8 Å². The number of H-pyrrole nitrogens is 1. The summed E-state index contributed by atoms with van der Waals surface area (Å²) in [6, 6.07) is 3.70. The van der Waals surface area contributed by atoms with Gasteiger partial charge in [-0.1, -0.05) is 0 Å². The predicted octanol–water partition coefficient (Wildman–Crippen LogP) is 1.58. The zero-order chi connectivity index (χ0) is 19.6. The van der Waals surface area contributed by atoms with Crippen LogP contribution in [0.4, 0.5) is 11.5 Å². The molecule has 2 N–H and O–H groups in total. The Balaban J connectivity index is 1.65. The summed E-state index contributed by atoms with van der Waals surface area (Å²) in [4.78, 5) is 37.8. The zero-order valence-electron chi connectivity index (χ0n) is 16.1. The molecule has 1 amide bonds. The normalized spacial score (nSPS) is 19.8. The number of aryl methyl sites for hydroxylation is 2. The van der Waals surface area contributed by atoms with Crippen molar-refractivity contribution in [2.24, 2.45) is 0 Å². The first-order chi connectivity index (χ1) is 12.8. The number of carbonyl (C=O) groups is 1. The summed E-state index contributed by atoms with van der Waals surface area (Å²) in [5.41, 5.74) is 1.25. The summed E-state index contributed by atoms with van der Waals surface area (Å²) in [7, 11) is 0. The third-order valence-corrected chi connectivity index (χ3v) is 4.45. The van der Waals surface area contributed by atoms with Crippen molar-refractivity contribution in [3.05, 3.63) is 45.8 Å². The van der Waals surface area contributed by atoms with Gasteiger partial charge in [0.2, 0.25) is 5.91 Å². The van der Waals surface area contributed by atoms with Gasteiger partial charge in [-0.05, 0) is 39.8 Å². The van der Waals surface area contributed by atoms with E-state index >= 15 is 0 Å². The van der Waals surface area contributed by atoms with Crippen LogP contribution in [0.3, 0.4) is 0 Å². The lowest BCUT2D eigenvalue weighted by molar-refractivity contribution is -0.115. The Kier molecular flexibility index (Phi) is 5.55. The molecule has 1 aliphatic heterocycles. The summed E-state index contributed by atoms with van der Waals surface area (Å²) in [5.74, 6) is 1.11. The van der Waals surface area contributed by atoms with Crippen molar-refractivity contribution in [2.75, 3.05) is 23.3 Å². The van der Waals surface area contributed by atoms with Gasteiger partial charge in [-0.25, -0.2) is 9.97 Å². The number of amides is 1. The number of nitrogens with one attached hydrogen (secondary N) is 2. The van der Waals surface area contributed by atoms with Crippen LogP contribution in [0.15, 0.2) is 23.1 Å². The highest BCUT2D eigenvalue weighted by atomic mass is 16.5. The number of rotatable bonds is 4. The molecule has 2 aromatic rings. The highest BCUT2D eigenvalue weighted by Crippen LogP contribution is 2.19. The number of aromatic nitrogens is 3. The molecule has 1 saturated heterocycles. The van der Waals surface area contributed by atoms with E-state index in [2.05, 4.69) is 25.2 Å². The van der Waals surface area contributed by atoms with Crippen LogP contribution in [-0.2, 0) is 16.0 Å². The summed E-state index contributed by atoms with van der Waals surface area (Å²) < 4.78 is 5.74. The van der Waals surface area contributed by atoms with Crippen molar-refractivity contribution in [1.29, 1.82) is 0 Å². The van der Waals surface area contributed by atoms with Gasteiger partial charge >= 0.3 is 0 Å². The van der Waals surface area contributed by atoms with E-state index < -0.39 is 0 Å². The SMILES string of the molecule is Cc1nc(C)c(CC(=O)Nc2ccc(N3CC(C)OC(C)C3)nc2)c(=O)[nH]1. The zero-order valence-corrected chi connectivity index (χ0v) is 16.1. The lowest BCUT2D eigenvalue weighted by atomic mass is 10.1. The molecule has 0 radical (unpaired) electrons. The number of hydrogen-bond donors (Lipinski definition) is 2. The fraction of sp³-hybridized carbons (Fsp3) is 0.474. The van der Waals surface area contributed by atoms with Gasteiger partial charge in [0.25, 0.3) is 5.56 Å². The summed E-state index contributed by atoms with van der Waals surface area (Å²) in [6.45, 7) is 9.09. The van der Waals surface area contributed by atoms with Crippen molar-refractivity contribution in [1.82, 2.24) is 15.0 Å². The molecule has 1 fully saturated rings. The first-order valence-electron chi connectivity index (χ1n) is 9.04. The monoisotopic (exact) mass is 371 g/mol. The molecule has 3 rings (SSSR count). The molecule has 8 nitrogen and oxygen atoms in total. The number of aromatic amines is 1.